The smallest absolute Gasteiger partial charge is 0.252 e. The molecule has 1 N–H and O–H groups in total. The molecule has 3 aromatic rings. The lowest BCUT2D eigenvalue weighted by molar-refractivity contribution is 0.0931. The van der Waals surface area contributed by atoms with Crippen LogP contribution in [0.4, 0.5) is 0 Å². The minimum atomic E-state index is -0.166. The van der Waals surface area contributed by atoms with Crippen LogP contribution in [-0.2, 0) is 19.5 Å². The molecule has 0 spiro atoms. The Morgan fingerprint density at radius 1 is 1.09 bits per heavy atom. The van der Waals surface area contributed by atoms with Crippen LogP contribution in [0, 0.1) is 0 Å². The van der Waals surface area contributed by atoms with Gasteiger partial charge in [0.25, 0.3) is 5.91 Å². The SMILES string of the molecule is COc1cc2c(cc1OC)CN(Cc1cccc(O[C@@H](C)CNC(=O)c3cccnc3)c1)CC2. The van der Waals surface area contributed by atoms with Gasteiger partial charge >= 0.3 is 0 Å². The molecule has 0 unspecified atom stereocenters. The molecule has 1 aliphatic rings. The highest BCUT2D eigenvalue weighted by molar-refractivity contribution is 5.93. The number of carbonyl (C=O) groups excluding carboxylic acids is 1. The van der Waals surface area contributed by atoms with Crippen molar-refractivity contribution in [1.82, 2.24) is 15.2 Å². The molecule has 1 atom stereocenters. The Hall–Kier alpha value is -3.58. The Balaban J connectivity index is 1.33. The molecule has 0 saturated heterocycles. The quantitative estimate of drug-likeness (QED) is 0.522. The fraction of sp³-hybridized carbons (Fsp3) is 0.333. The van der Waals surface area contributed by atoms with Gasteiger partial charge in [0, 0.05) is 32.0 Å². The molecule has 2 heterocycles. The van der Waals surface area contributed by atoms with E-state index >= 15 is 0 Å². The Labute approximate surface area is 200 Å². The van der Waals surface area contributed by atoms with Crippen LogP contribution >= 0.6 is 0 Å². The van der Waals surface area contributed by atoms with Gasteiger partial charge < -0.3 is 19.5 Å². The third-order valence-corrected chi connectivity index (χ3v) is 5.91. The fourth-order valence-electron chi connectivity index (χ4n) is 4.16. The van der Waals surface area contributed by atoms with E-state index in [4.69, 9.17) is 14.2 Å². The van der Waals surface area contributed by atoms with Crippen LogP contribution in [0.25, 0.3) is 0 Å². The number of nitrogens with zero attached hydrogens (tertiary/aromatic N) is 2. The number of carbonyl (C=O) groups is 1. The number of pyridine rings is 1. The van der Waals surface area contributed by atoms with Crippen molar-refractivity contribution in [3.05, 3.63) is 83.2 Å². The molecule has 7 nitrogen and oxygen atoms in total. The van der Waals surface area contributed by atoms with Crippen LogP contribution in [0.5, 0.6) is 17.2 Å². The molecule has 1 aliphatic heterocycles. The average molecular weight is 462 g/mol. The molecule has 1 amide bonds. The number of ether oxygens (including phenoxy) is 3. The second kappa shape index (κ2) is 11.0. The van der Waals surface area contributed by atoms with Gasteiger partial charge in [-0.25, -0.2) is 0 Å². The van der Waals surface area contributed by atoms with Crippen LogP contribution in [0.3, 0.4) is 0 Å². The van der Waals surface area contributed by atoms with Crippen molar-refractivity contribution in [2.45, 2.75) is 32.5 Å². The van der Waals surface area contributed by atoms with Crippen LogP contribution < -0.4 is 19.5 Å². The van der Waals surface area contributed by atoms with Gasteiger partial charge in [-0.3, -0.25) is 14.7 Å². The van der Waals surface area contributed by atoms with E-state index in [0.717, 1.165) is 43.3 Å². The van der Waals surface area contributed by atoms with Gasteiger partial charge in [-0.05, 0) is 66.4 Å². The maximum atomic E-state index is 12.2. The summed E-state index contributed by atoms with van der Waals surface area (Å²) in [4.78, 5) is 18.6. The van der Waals surface area contributed by atoms with E-state index in [9.17, 15) is 4.79 Å². The number of hydrogen-bond donors (Lipinski definition) is 1. The standard InChI is InChI=1S/C27H31N3O4/c1-19(15-29-27(31)22-7-5-10-28-16-22)34-24-8-4-6-20(12-24)17-30-11-9-21-13-25(32-2)26(33-3)14-23(21)18-30/h4-8,10,12-14,16,19H,9,11,15,17-18H2,1-3H3,(H,29,31)/t19-/m0/s1. The predicted molar refractivity (Wildman–Crippen MR) is 130 cm³/mol. The van der Waals surface area contributed by atoms with E-state index in [-0.39, 0.29) is 12.0 Å². The van der Waals surface area contributed by atoms with E-state index in [0.29, 0.717) is 12.1 Å². The fourth-order valence-corrected chi connectivity index (χ4v) is 4.16. The molecular formula is C27H31N3O4. The molecule has 34 heavy (non-hydrogen) atoms. The van der Waals surface area contributed by atoms with Gasteiger partial charge in [-0.15, -0.1) is 0 Å². The molecule has 2 aromatic carbocycles. The number of methoxy groups -OCH3 is 2. The van der Waals surface area contributed by atoms with Gasteiger partial charge in [0.05, 0.1) is 26.3 Å². The third kappa shape index (κ3) is 5.85. The Morgan fingerprint density at radius 3 is 2.62 bits per heavy atom. The maximum Gasteiger partial charge on any atom is 0.252 e. The van der Waals surface area contributed by atoms with Crippen LogP contribution in [0.1, 0.15) is 34.0 Å². The third-order valence-electron chi connectivity index (χ3n) is 5.91. The second-order valence-corrected chi connectivity index (χ2v) is 8.46. The van der Waals surface area contributed by atoms with Gasteiger partial charge in [0.2, 0.25) is 0 Å². The largest absolute Gasteiger partial charge is 0.493 e. The molecule has 178 valence electrons. The molecule has 4 rings (SSSR count). The summed E-state index contributed by atoms with van der Waals surface area (Å²) in [6.45, 7) is 5.02. The minimum Gasteiger partial charge on any atom is -0.493 e. The zero-order valence-corrected chi connectivity index (χ0v) is 19.9. The lowest BCUT2D eigenvalue weighted by Crippen LogP contribution is -2.33. The van der Waals surface area contributed by atoms with E-state index in [1.165, 1.54) is 16.7 Å². The summed E-state index contributed by atoms with van der Waals surface area (Å²) in [7, 11) is 3.34. The normalized spacial score (nSPS) is 14.1. The highest BCUT2D eigenvalue weighted by Gasteiger charge is 2.20. The first kappa shape index (κ1) is 23.6. The number of amides is 1. The predicted octanol–water partition coefficient (Wildman–Crippen LogP) is 3.85. The lowest BCUT2D eigenvalue weighted by atomic mass is 9.98. The summed E-state index contributed by atoms with van der Waals surface area (Å²) < 4.78 is 17.0. The van der Waals surface area contributed by atoms with E-state index in [2.05, 4.69) is 39.5 Å². The summed E-state index contributed by atoms with van der Waals surface area (Å²) in [5.74, 6) is 2.19. The Morgan fingerprint density at radius 2 is 1.88 bits per heavy atom. The number of aromatic nitrogens is 1. The Bertz CT molecular complexity index is 1120. The van der Waals surface area contributed by atoms with Gasteiger partial charge in [0.15, 0.2) is 11.5 Å². The van der Waals surface area contributed by atoms with Gasteiger partial charge in [0.1, 0.15) is 11.9 Å². The number of nitrogens with one attached hydrogen (secondary N) is 1. The monoisotopic (exact) mass is 461 g/mol. The molecule has 0 radical (unpaired) electrons. The molecule has 1 aromatic heterocycles. The van der Waals surface area contributed by atoms with E-state index < -0.39 is 0 Å². The van der Waals surface area contributed by atoms with Gasteiger partial charge in [-0.1, -0.05) is 12.1 Å². The topological polar surface area (TPSA) is 72.9 Å². The number of rotatable bonds is 9. The van der Waals surface area contributed by atoms with E-state index in [1.807, 2.05) is 19.1 Å². The zero-order chi connectivity index (χ0) is 23.9. The zero-order valence-electron chi connectivity index (χ0n) is 19.9. The Kier molecular flexibility index (Phi) is 7.65. The molecular weight excluding hydrogens is 430 g/mol. The van der Waals surface area contributed by atoms with Crippen molar-refractivity contribution in [2.75, 3.05) is 27.3 Å². The van der Waals surface area contributed by atoms with Crippen molar-refractivity contribution in [1.29, 1.82) is 0 Å². The molecule has 0 aliphatic carbocycles. The van der Waals surface area contributed by atoms with E-state index in [1.54, 1.807) is 38.7 Å². The summed E-state index contributed by atoms with van der Waals surface area (Å²) >= 11 is 0. The van der Waals surface area contributed by atoms with Crippen molar-refractivity contribution >= 4 is 5.91 Å². The average Bonchev–Trinajstić information content (AvgIpc) is 2.87. The van der Waals surface area contributed by atoms with Crippen LogP contribution in [0.2, 0.25) is 0 Å². The highest BCUT2D eigenvalue weighted by atomic mass is 16.5. The molecule has 7 heteroatoms. The minimum absolute atomic E-state index is 0.156. The number of benzene rings is 2. The van der Waals surface area contributed by atoms with Crippen molar-refractivity contribution in [3.8, 4) is 17.2 Å². The summed E-state index contributed by atoms with van der Waals surface area (Å²) in [5.41, 5.74) is 4.31. The first-order valence-corrected chi connectivity index (χ1v) is 11.5. The summed E-state index contributed by atoms with van der Waals surface area (Å²) in [6, 6.07) is 15.8. The summed E-state index contributed by atoms with van der Waals surface area (Å²) in [6.07, 6.45) is 4.00. The van der Waals surface area contributed by atoms with Crippen molar-refractivity contribution in [2.24, 2.45) is 0 Å². The van der Waals surface area contributed by atoms with Gasteiger partial charge in [-0.2, -0.15) is 0 Å². The molecule has 0 fully saturated rings. The maximum absolute atomic E-state index is 12.2. The van der Waals surface area contributed by atoms with Crippen molar-refractivity contribution < 1.29 is 19.0 Å². The van der Waals surface area contributed by atoms with Crippen LogP contribution in [-0.4, -0.2) is 49.2 Å². The van der Waals surface area contributed by atoms with Crippen LogP contribution in [0.15, 0.2) is 60.9 Å². The molecule has 0 saturated carbocycles. The number of fused-ring (bicyclic) bond motifs is 1. The molecule has 0 bridgehead atoms. The second-order valence-electron chi connectivity index (χ2n) is 8.46. The number of hydrogen-bond acceptors (Lipinski definition) is 6. The first-order valence-electron chi connectivity index (χ1n) is 11.5. The van der Waals surface area contributed by atoms with Crippen molar-refractivity contribution in [3.63, 3.8) is 0 Å². The highest BCUT2D eigenvalue weighted by Crippen LogP contribution is 2.33. The summed E-state index contributed by atoms with van der Waals surface area (Å²) in [5, 5.41) is 2.89. The lowest BCUT2D eigenvalue weighted by Gasteiger charge is -2.29. The first-order chi connectivity index (χ1) is 16.6.